The summed E-state index contributed by atoms with van der Waals surface area (Å²) in [5.74, 6) is -1.77. The van der Waals surface area contributed by atoms with Crippen LogP contribution in [-0.2, 0) is 23.7 Å². The first-order chi connectivity index (χ1) is 19.8. The molecular weight excluding hydrogens is 564 g/mol. The second-order valence-electron chi connectivity index (χ2n) is 10.3. The number of hydrogen-bond acceptors (Lipinski definition) is 15. The van der Waals surface area contributed by atoms with Crippen LogP contribution in [0.4, 0.5) is 0 Å². The Bertz CT molecular complexity index is 1300. The predicted molar refractivity (Wildman–Crippen MR) is 137 cm³/mol. The highest BCUT2D eigenvalue weighted by Crippen LogP contribution is 2.39. The van der Waals surface area contributed by atoms with Crippen molar-refractivity contribution in [3.8, 4) is 11.5 Å². The Hall–Kier alpha value is -3.38. The number of aromatic hydroxyl groups is 2. The lowest BCUT2D eigenvalue weighted by Gasteiger charge is -2.42. The van der Waals surface area contributed by atoms with Crippen LogP contribution >= 0.6 is 0 Å². The maximum Gasteiger partial charge on any atom is 0.229 e. The predicted octanol–water partition coefficient (Wildman–Crippen LogP) is -1.34. The SMILES string of the molecule is C[C@@H]1O[C@@H](OC[C@H]2O[C@@H](OC3=C(c4ccc(O)c(O)c4)OC4C=C(O)C=C(O)C4=C3)[C@H](O)[C@@H](O)[C@@H]2O)[C@H](O)[C@H](O)[C@H]1O. The van der Waals surface area contributed by atoms with E-state index in [1.807, 2.05) is 0 Å². The average molecular weight is 597 g/mol. The van der Waals surface area contributed by atoms with E-state index in [1.54, 1.807) is 0 Å². The van der Waals surface area contributed by atoms with E-state index in [9.17, 15) is 51.1 Å². The van der Waals surface area contributed by atoms with Gasteiger partial charge in [-0.15, -0.1) is 0 Å². The fraction of sp³-hybridized carbons (Fsp3) is 0.481. The summed E-state index contributed by atoms with van der Waals surface area (Å²) in [4.78, 5) is 0. The van der Waals surface area contributed by atoms with Gasteiger partial charge in [-0.25, -0.2) is 0 Å². The van der Waals surface area contributed by atoms with Gasteiger partial charge >= 0.3 is 0 Å². The van der Waals surface area contributed by atoms with E-state index in [4.69, 9.17) is 23.7 Å². The molecule has 15 nitrogen and oxygen atoms in total. The normalized spacial score (nSPS) is 38.5. The minimum absolute atomic E-state index is 0.0673. The molecule has 0 saturated carbocycles. The van der Waals surface area contributed by atoms with Crippen LogP contribution in [0.5, 0.6) is 11.5 Å². The van der Waals surface area contributed by atoms with Crippen LogP contribution in [0.3, 0.4) is 0 Å². The van der Waals surface area contributed by atoms with Crippen molar-refractivity contribution in [2.24, 2.45) is 0 Å². The van der Waals surface area contributed by atoms with E-state index < -0.39 is 85.6 Å². The lowest BCUT2D eigenvalue weighted by molar-refractivity contribution is -0.323. The molecule has 10 N–H and O–H groups in total. The summed E-state index contributed by atoms with van der Waals surface area (Å²) in [5.41, 5.74) is 0.334. The molecule has 1 aromatic rings. The topological polar surface area (TPSA) is 248 Å². The number of ether oxygens (including phenoxy) is 5. The first-order valence-electron chi connectivity index (χ1n) is 13.0. The Balaban J connectivity index is 1.40. The highest BCUT2D eigenvalue weighted by molar-refractivity contribution is 5.70. The van der Waals surface area contributed by atoms with Gasteiger partial charge in [0.1, 0.15) is 60.4 Å². The number of benzene rings is 1. The number of fused-ring (bicyclic) bond motifs is 1. The summed E-state index contributed by atoms with van der Waals surface area (Å²) in [5, 5.41) is 102. The van der Waals surface area contributed by atoms with Gasteiger partial charge in [-0.3, -0.25) is 0 Å². The molecule has 0 amide bonds. The molecule has 3 heterocycles. The van der Waals surface area contributed by atoms with E-state index in [0.29, 0.717) is 0 Å². The van der Waals surface area contributed by atoms with Gasteiger partial charge < -0.3 is 74.7 Å². The van der Waals surface area contributed by atoms with Crippen molar-refractivity contribution in [3.05, 3.63) is 64.8 Å². The molecule has 0 aromatic heterocycles. The van der Waals surface area contributed by atoms with Crippen LogP contribution in [0.25, 0.3) is 5.76 Å². The minimum Gasteiger partial charge on any atom is -0.508 e. The van der Waals surface area contributed by atoms with Gasteiger partial charge in [0.2, 0.25) is 6.29 Å². The summed E-state index contributed by atoms with van der Waals surface area (Å²) in [6.07, 6.45) is -12.6. The Kier molecular flexibility index (Phi) is 8.39. The summed E-state index contributed by atoms with van der Waals surface area (Å²) in [7, 11) is 0. The van der Waals surface area contributed by atoms with Gasteiger partial charge in [0.05, 0.1) is 12.7 Å². The minimum atomic E-state index is -1.82. The summed E-state index contributed by atoms with van der Waals surface area (Å²) in [6, 6.07) is 3.72. The van der Waals surface area contributed by atoms with Gasteiger partial charge in [0.25, 0.3) is 0 Å². The number of rotatable bonds is 6. The monoisotopic (exact) mass is 596 g/mol. The average Bonchev–Trinajstić information content (AvgIpc) is 2.95. The summed E-state index contributed by atoms with van der Waals surface area (Å²) < 4.78 is 28.4. The highest BCUT2D eigenvalue weighted by Gasteiger charge is 2.48. The molecule has 0 spiro atoms. The number of hydrogen-bond donors (Lipinski definition) is 10. The molecule has 1 aromatic carbocycles. The standard InChI is InChI=1S/C27H32O15/c1-9-19(32)21(34)23(36)26(39-9)38-8-18-20(33)22(35)24(37)27(42-18)41-17-7-12-14(30)5-11(28)6-16(12)40-25(17)10-2-3-13(29)15(31)4-10/h2-7,9,16,18-24,26-37H,8H2,1H3/t9-,16?,18+,19-,20+,21+,22-,23+,24+,26+,27+/m0/s1. The molecule has 5 rings (SSSR count). The van der Waals surface area contributed by atoms with Crippen molar-refractivity contribution in [1.29, 1.82) is 0 Å². The van der Waals surface area contributed by atoms with E-state index in [-0.39, 0.29) is 34.2 Å². The number of phenolic OH excluding ortho intramolecular Hbond substituents is 2. The maximum absolute atomic E-state index is 10.7. The van der Waals surface area contributed by atoms with Crippen molar-refractivity contribution in [2.45, 2.75) is 74.4 Å². The molecule has 42 heavy (non-hydrogen) atoms. The first kappa shape index (κ1) is 30.1. The first-order valence-corrected chi connectivity index (χ1v) is 13.0. The molecule has 2 fully saturated rings. The molecule has 230 valence electrons. The van der Waals surface area contributed by atoms with Crippen LogP contribution in [0.2, 0.25) is 0 Å². The molecular formula is C27H32O15. The van der Waals surface area contributed by atoms with Crippen molar-refractivity contribution in [3.63, 3.8) is 0 Å². The Labute approximate surface area is 238 Å². The van der Waals surface area contributed by atoms with Crippen LogP contribution in [0, 0.1) is 0 Å². The maximum atomic E-state index is 10.7. The quantitative estimate of drug-likeness (QED) is 0.171. The van der Waals surface area contributed by atoms with Crippen LogP contribution < -0.4 is 0 Å². The zero-order valence-electron chi connectivity index (χ0n) is 22.0. The smallest absolute Gasteiger partial charge is 0.229 e. The molecule has 11 atom stereocenters. The lowest BCUT2D eigenvalue weighted by Crippen LogP contribution is -2.61. The number of allylic oxidation sites excluding steroid dienone is 2. The second-order valence-corrected chi connectivity index (χ2v) is 10.3. The Morgan fingerprint density at radius 2 is 1.45 bits per heavy atom. The van der Waals surface area contributed by atoms with E-state index in [0.717, 1.165) is 12.1 Å². The largest absolute Gasteiger partial charge is 0.508 e. The zero-order chi connectivity index (χ0) is 30.5. The highest BCUT2D eigenvalue weighted by atomic mass is 16.7. The number of aliphatic hydroxyl groups excluding tert-OH is 8. The van der Waals surface area contributed by atoms with Gasteiger partial charge in [0, 0.05) is 23.3 Å². The number of phenols is 2. The third-order valence-corrected chi connectivity index (χ3v) is 7.35. The van der Waals surface area contributed by atoms with E-state index in [1.165, 1.54) is 31.2 Å². The Morgan fingerprint density at radius 3 is 2.17 bits per heavy atom. The van der Waals surface area contributed by atoms with Crippen LogP contribution in [-0.4, -0.2) is 125 Å². The molecule has 3 aliphatic heterocycles. The third kappa shape index (κ3) is 5.66. The molecule has 1 unspecified atom stereocenters. The van der Waals surface area contributed by atoms with Crippen molar-refractivity contribution in [2.75, 3.05) is 6.61 Å². The fourth-order valence-electron chi connectivity index (χ4n) is 4.89. The number of aliphatic hydroxyl groups is 8. The van der Waals surface area contributed by atoms with Gasteiger partial charge in [-0.05, 0) is 31.2 Å². The van der Waals surface area contributed by atoms with Crippen LogP contribution in [0.15, 0.2) is 59.3 Å². The fourth-order valence-corrected chi connectivity index (χ4v) is 4.89. The van der Waals surface area contributed by atoms with Gasteiger partial charge in [-0.1, -0.05) is 0 Å². The van der Waals surface area contributed by atoms with Crippen LogP contribution in [0.1, 0.15) is 12.5 Å². The van der Waals surface area contributed by atoms with Gasteiger partial charge in [0.15, 0.2) is 29.3 Å². The van der Waals surface area contributed by atoms with Crippen molar-refractivity contribution in [1.82, 2.24) is 0 Å². The van der Waals surface area contributed by atoms with E-state index >= 15 is 0 Å². The lowest BCUT2D eigenvalue weighted by atomic mass is 9.96. The zero-order valence-corrected chi connectivity index (χ0v) is 22.0. The van der Waals surface area contributed by atoms with Crippen molar-refractivity contribution < 1.29 is 74.7 Å². The van der Waals surface area contributed by atoms with Gasteiger partial charge in [-0.2, -0.15) is 0 Å². The molecule has 4 aliphatic rings. The molecule has 0 bridgehead atoms. The Morgan fingerprint density at radius 1 is 0.762 bits per heavy atom. The second kappa shape index (κ2) is 11.7. The molecule has 1 aliphatic carbocycles. The molecule has 0 radical (unpaired) electrons. The van der Waals surface area contributed by atoms with E-state index in [2.05, 4.69) is 0 Å². The summed E-state index contributed by atoms with van der Waals surface area (Å²) in [6.45, 7) is 0.931. The van der Waals surface area contributed by atoms with Crippen molar-refractivity contribution >= 4 is 5.76 Å². The summed E-state index contributed by atoms with van der Waals surface area (Å²) >= 11 is 0. The molecule has 2 saturated heterocycles. The third-order valence-electron chi connectivity index (χ3n) is 7.35. The molecule has 15 heteroatoms.